The summed E-state index contributed by atoms with van der Waals surface area (Å²) in [5.74, 6) is 0.382. The largest absolute Gasteiger partial charge is 0.467 e. The number of halogens is 1. The molecule has 1 aromatic carbocycles. The van der Waals surface area contributed by atoms with Gasteiger partial charge in [0, 0.05) is 13.7 Å². The van der Waals surface area contributed by atoms with Gasteiger partial charge in [0.2, 0.25) is 0 Å². The first-order chi connectivity index (χ1) is 9.74. The summed E-state index contributed by atoms with van der Waals surface area (Å²) in [6.45, 7) is 0.667. The predicted octanol–water partition coefficient (Wildman–Crippen LogP) is 2.28. The molecule has 6 heteroatoms. The third-order valence-electron chi connectivity index (χ3n) is 3.02. The van der Waals surface area contributed by atoms with E-state index in [9.17, 15) is 4.79 Å². The second-order valence-corrected chi connectivity index (χ2v) is 4.35. The molecule has 0 aliphatic heterocycles. The molecule has 0 bridgehead atoms. The number of furan rings is 1. The third-order valence-corrected chi connectivity index (χ3v) is 3.02. The van der Waals surface area contributed by atoms with Gasteiger partial charge in [-0.15, -0.1) is 12.4 Å². The zero-order valence-corrected chi connectivity index (χ0v) is 12.6. The van der Waals surface area contributed by atoms with Crippen molar-refractivity contribution >= 4 is 18.3 Å². The number of nitrogens with two attached hydrogens (primary N) is 1. The topological polar surface area (TPSA) is 77.5 Å². The molecule has 1 aromatic heterocycles. The first-order valence-electron chi connectivity index (χ1n) is 6.38. The predicted molar refractivity (Wildman–Crippen MR) is 82.4 cm³/mol. The molecule has 0 aliphatic rings. The third kappa shape index (κ3) is 4.60. The Morgan fingerprint density at radius 2 is 2.10 bits per heavy atom. The van der Waals surface area contributed by atoms with Gasteiger partial charge in [0.15, 0.2) is 0 Å². The van der Waals surface area contributed by atoms with Gasteiger partial charge in [0.25, 0.3) is 5.91 Å². The maximum absolute atomic E-state index is 12.0. The fourth-order valence-corrected chi connectivity index (χ4v) is 1.90. The monoisotopic (exact) mass is 310 g/mol. The Labute approximate surface area is 129 Å². The quantitative estimate of drug-likeness (QED) is 0.858. The molecule has 2 aromatic rings. The zero-order chi connectivity index (χ0) is 14.4. The Bertz CT molecular complexity index is 557. The number of benzene rings is 1. The van der Waals surface area contributed by atoms with Gasteiger partial charge in [-0.3, -0.25) is 4.79 Å². The highest BCUT2D eigenvalue weighted by molar-refractivity contribution is 5.93. The van der Waals surface area contributed by atoms with Gasteiger partial charge in [-0.2, -0.15) is 0 Å². The molecule has 114 valence electrons. The van der Waals surface area contributed by atoms with Crippen LogP contribution in [0.25, 0.3) is 0 Å². The van der Waals surface area contributed by atoms with Gasteiger partial charge in [-0.1, -0.05) is 30.3 Å². The lowest BCUT2D eigenvalue weighted by molar-refractivity contribution is 0.0827. The highest BCUT2D eigenvalue weighted by Crippen LogP contribution is 2.15. The Kier molecular flexibility index (Phi) is 6.94. The van der Waals surface area contributed by atoms with E-state index in [0.717, 1.165) is 5.56 Å². The molecule has 0 fully saturated rings. The van der Waals surface area contributed by atoms with Gasteiger partial charge >= 0.3 is 0 Å². The van der Waals surface area contributed by atoms with Gasteiger partial charge in [0.1, 0.15) is 12.0 Å². The van der Waals surface area contributed by atoms with Crippen molar-refractivity contribution in [2.45, 2.75) is 12.6 Å². The highest BCUT2D eigenvalue weighted by Gasteiger charge is 2.14. The average molecular weight is 311 g/mol. The van der Waals surface area contributed by atoms with Crippen LogP contribution in [0.4, 0.5) is 0 Å². The number of hydrogen-bond donors (Lipinski definition) is 2. The van der Waals surface area contributed by atoms with E-state index >= 15 is 0 Å². The molecule has 0 saturated heterocycles. The van der Waals surface area contributed by atoms with Crippen molar-refractivity contribution in [2.24, 2.45) is 5.73 Å². The van der Waals surface area contributed by atoms with Gasteiger partial charge < -0.3 is 20.2 Å². The Balaban J connectivity index is 0.00000220. The second-order valence-electron chi connectivity index (χ2n) is 4.35. The van der Waals surface area contributed by atoms with Crippen molar-refractivity contribution < 1.29 is 13.9 Å². The summed E-state index contributed by atoms with van der Waals surface area (Å²) in [6, 6.07) is 11.4. The van der Waals surface area contributed by atoms with Crippen LogP contribution in [-0.2, 0) is 11.3 Å². The number of ether oxygens (including phenoxy) is 1. The number of amides is 1. The number of carbonyl (C=O) groups excluding carboxylic acids is 1. The standard InChI is InChI=1S/C15H18N2O3.ClH/c1-19-14(11-5-3-2-4-6-11)9-17-15(18)12-7-13(8-16)20-10-12;/h2-7,10,14H,8-9,16H2,1H3,(H,17,18);1H. The molecule has 21 heavy (non-hydrogen) atoms. The number of nitrogens with one attached hydrogen (secondary N) is 1. The van der Waals surface area contributed by atoms with Crippen molar-refractivity contribution in [3.05, 3.63) is 59.5 Å². The van der Waals surface area contributed by atoms with Gasteiger partial charge in [0.05, 0.1) is 18.2 Å². The van der Waals surface area contributed by atoms with Crippen molar-refractivity contribution in [3.8, 4) is 0 Å². The number of hydrogen-bond acceptors (Lipinski definition) is 4. The van der Waals surface area contributed by atoms with Crippen LogP contribution < -0.4 is 11.1 Å². The molecular weight excluding hydrogens is 292 g/mol. The summed E-state index contributed by atoms with van der Waals surface area (Å²) >= 11 is 0. The van der Waals surface area contributed by atoms with Crippen molar-refractivity contribution in [3.63, 3.8) is 0 Å². The minimum atomic E-state index is -0.202. The molecular formula is C15H19ClN2O3. The highest BCUT2D eigenvalue weighted by atomic mass is 35.5. The van der Waals surface area contributed by atoms with E-state index in [1.54, 1.807) is 13.2 Å². The first-order valence-corrected chi connectivity index (χ1v) is 6.38. The molecule has 0 spiro atoms. The molecule has 0 saturated carbocycles. The minimum absolute atomic E-state index is 0. The summed E-state index contributed by atoms with van der Waals surface area (Å²) in [6.07, 6.45) is 1.23. The van der Waals surface area contributed by atoms with E-state index in [0.29, 0.717) is 17.9 Å². The summed E-state index contributed by atoms with van der Waals surface area (Å²) < 4.78 is 10.5. The van der Waals surface area contributed by atoms with Crippen LogP contribution in [0.1, 0.15) is 27.8 Å². The summed E-state index contributed by atoms with van der Waals surface area (Å²) in [7, 11) is 1.62. The van der Waals surface area contributed by atoms with Crippen LogP contribution in [0.5, 0.6) is 0 Å². The smallest absolute Gasteiger partial charge is 0.254 e. The minimum Gasteiger partial charge on any atom is -0.467 e. The normalized spacial score (nSPS) is 11.5. The van der Waals surface area contributed by atoms with Crippen LogP contribution in [-0.4, -0.2) is 19.6 Å². The van der Waals surface area contributed by atoms with E-state index < -0.39 is 0 Å². The van der Waals surface area contributed by atoms with Crippen LogP contribution >= 0.6 is 12.4 Å². The molecule has 5 nitrogen and oxygen atoms in total. The van der Waals surface area contributed by atoms with Gasteiger partial charge in [-0.25, -0.2) is 0 Å². The summed E-state index contributed by atoms with van der Waals surface area (Å²) in [5.41, 5.74) is 6.92. The molecule has 1 heterocycles. The second kappa shape index (κ2) is 8.46. The first kappa shape index (κ1) is 17.2. The van der Waals surface area contributed by atoms with E-state index in [1.807, 2.05) is 30.3 Å². The molecule has 1 atom stereocenters. The lowest BCUT2D eigenvalue weighted by Crippen LogP contribution is -2.28. The molecule has 1 amide bonds. The molecule has 0 aliphatic carbocycles. The summed E-state index contributed by atoms with van der Waals surface area (Å²) in [4.78, 5) is 12.0. The van der Waals surface area contributed by atoms with Crippen LogP contribution in [0.3, 0.4) is 0 Å². The van der Waals surface area contributed by atoms with Gasteiger partial charge in [-0.05, 0) is 11.6 Å². The van der Waals surface area contributed by atoms with Crippen molar-refractivity contribution in [2.75, 3.05) is 13.7 Å². The van der Waals surface area contributed by atoms with Crippen LogP contribution in [0, 0.1) is 0 Å². The Hall–Kier alpha value is -1.82. The number of carbonyl (C=O) groups is 1. The fraction of sp³-hybridized carbons (Fsp3) is 0.267. The molecule has 1 unspecified atom stereocenters. The lowest BCUT2D eigenvalue weighted by Gasteiger charge is -2.16. The number of rotatable bonds is 6. The summed E-state index contributed by atoms with van der Waals surface area (Å²) in [5, 5.41) is 2.82. The Morgan fingerprint density at radius 3 is 2.67 bits per heavy atom. The molecule has 3 N–H and O–H groups in total. The van der Waals surface area contributed by atoms with Crippen LogP contribution in [0.15, 0.2) is 47.1 Å². The van der Waals surface area contributed by atoms with E-state index in [2.05, 4.69) is 5.32 Å². The lowest BCUT2D eigenvalue weighted by atomic mass is 10.1. The van der Waals surface area contributed by atoms with E-state index in [4.69, 9.17) is 14.9 Å². The van der Waals surface area contributed by atoms with E-state index in [-0.39, 0.29) is 31.0 Å². The molecule has 0 radical (unpaired) electrons. The Morgan fingerprint density at radius 1 is 1.38 bits per heavy atom. The zero-order valence-electron chi connectivity index (χ0n) is 11.7. The average Bonchev–Trinajstić information content (AvgIpc) is 2.98. The van der Waals surface area contributed by atoms with Crippen LogP contribution in [0.2, 0.25) is 0 Å². The maximum atomic E-state index is 12.0. The van der Waals surface area contributed by atoms with Crippen molar-refractivity contribution in [1.29, 1.82) is 0 Å². The maximum Gasteiger partial charge on any atom is 0.254 e. The van der Waals surface area contributed by atoms with Crippen molar-refractivity contribution in [1.82, 2.24) is 5.32 Å². The SMILES string of the molecule is COC(CNC(=O)c1coc(CN)c1)c1ccccc1.Cl. The number of methoxy groups -OCH3 is 1. The molecule has 2 rings (SSSR count). The fourth-order valence-electron chi connectivity index (χ4n) is 1.90. The van der Waals surface area contributed by atoms with E-state index in [1.165, 1.54) is 6.26 Å².